The lowest BCUT2D eigenvalue weighted by molar-refractivity contribution is 0.472. The molecular weight excluding hydrogens is 240 g/mol. The molecule has 0 aliphatic carbocycles. The van der Waals surface area contributed by atoms with E-state index in [2.05, 4.69) is 5.32 Å². The van der Waals surface area contributed by atoms with Crippen molar-refractivity contribution in [2.45, 2.75) is 31.1 Å². The highest BCUT2D eigenvalue weighted by atomic mass is 32.2. The fraction of sp³-hybridized carbons (Fsp3) is 0.538. The van der Waals surface area contributed by atoms with Gasteiger partial charge in [-0.05, 0) is 44.2 Å². The van der Waals surface area contributed by atoms with Crippen LogP contribution < -0.4 is 5.32 Å². The average molecular weight is 257 g/mol. The van der Waals surface area contributed by atoms with E-state index in [-0.39, 0.29) is 16.9 Å². The Kier molecular flexibility index (Phi) is 4.05. The zero-order valence-corrected chi connectivity index (χ0v) is 10.9. The maximum absolute atomic E-state index is 14.1. The molecule has 0 radical (unpaired) electrons. The summed E-state index contributed by atoms with van der Waals surface area (Å²) in [6.07, 6.45) is 2.14. The molecule has 0 amide bonds. The summed E-state index contributed by atoms with van der Waals surface area (Å²) in [6, 6.07) is 2.61. The molecule has 2 atom stereocenters. The highest BCUT2D eigenvalue weighted by Crippen LogP contribution is 2.37. The Balaban J connectivity index is 2.39. The van der Waals surface area contributed by atoms with Crippen LogP contribution >= 0.6 is 11.8 Å². The molecule has 1 fully saturated rings. The van der Waals surface area contributed by atoms with Crippen molar-refractivity contribution in [3.63, 3.8) is 0 Å². The lowest BCUT2D eigenvalue weighted by Crippen LogP contribution is -2.28. The molecule has 1 saturated heterocycles. The Bertz CT molecular complexity index is 403. The predicted molar refractivity (Wildman–Crippen MR) is 68.4 cm³/mol. The minimum Gasteiger partial charge on any atom is -0.312 e. The largest absolute Gasteiger partial charge is 0.312 e. The second kappa shape index (κ2) is 5.36. The zero-order valence-electron chi connectivity index (χ0n) is 10.1. The highest BCUT2D eigenvalue weighted by molar-refractivity contribution is 8.00. The topological polar surface area (TPSA) is 12.0 Å². The number of nitrogens with one attached hydrogen (secondary N) is 1. The van der Waals surface area contributed by atoms with Crippen LogP contribution in [0.5, 0.6) is 0 Å². The Labute approximate surface area is 105 Å². The van der Waals surface area contributed by atoms with Gasteiger partial charge in [-0.15, -0.1) is 0 Å². The van der Waals surface area contributed by atoms with Gasteiger partial charge in [0.25, 0.3) is 0 Å². The normalized spacial score (nSPS) is 21.8. The van der Waals surface area contributed by atoms with Crippen LogP contribution in [-0.4, -0.2) is 18.1 Å². The standard InChI is InChI=1S/C13H17F2NS/c1-8-5-6-9(14)11(12(8)15)13(16-2)10-4-3-7-17-10/h5-6,10,13,16H,3-4,7H2,1-2H3. The van der Waals surface area contributed by atoms with Gasteiger partial charge in [0, 0.05) is 16.9 Å². The molecule has 1 aromatic carbocycles. The summed E-state index contributed by atoms with van der Waals surface area (Å²) in [5.74, 6) is 0.231. The zero-order chi connectivity index (χ0) is 12.4. The van der Waals surface area contributed by atoms with E-state index >= 15 is 0 Å². The summed E-state index contributed by atoms with van der Waals surface area (Å²) >= 11 is 1.80. The number of hydrogen-bond donors (Lipinski definition) is 1. The summed E-state index contributed by atoms with van der Waals surface area (Å²) in [4.78, 5) is 0. The Morgan fingerprint density at radius 2 is 2.18 bits per heavy atom. The van der Waals surface area contributed by atoms with Gasteiger partial charge in [-0.2, -0.15) is 11.8 Å². The molecule has 4 heteroatoms. The molecule has 0 spiro atoms. The lowest BCUT2D eigenvalue weighted by Gasteiger charge is -2.24. The molecule has 1 aliphatic heterocycles. The van der Waals surface area contributed by atoms with Crippen molar-refractivity contribution < 1.29 is 8.78 Å². The van der Waals surface area contributed by atoms with Crippen molar-refractivity contribution >= 4 is 11.8 Å². The van der Waals surface area contributed by atoms with E-state index in [0.29, 0.717) is 5.56 Å². The molecular formula is C13H17F2NS. The van der Waals surface area contributed by atoms with Crippen LogP contribution in [0.3, 0.4) is 0 Å². The molecule has 0 aromatic heterocycles. The van der Waals surface area contributed by atoms with Gasteiger partial charge in [-0.25, -0.2) is 8.78 Å². The van der Waals surface area contributed by atoms with Crippen molar-refractivity contribution in [1.82, 2.24) is 5.32 Å². The fourth-order valence-electron chi connectivity index (χ4n) is 2.35. The van der Waals surface area contributed by atoms with E-state index in [0.717, 1.165) is 18.6 Å². The first kappa shape index (κ1) is 12.8. The van der Waals surface area contributed by atoms with Crippen LogP contribution in [0.4, 0.5) is 8.78 Å². The molecule has 1 aliphatic rings. The van der Waals surface area contributed by atoms with Crippen LogP contribution in [0.25, 0.3) is 0 Å². The summed E-state index contributed by atoms with van der Waals surface area (Å²) in [7, 11) is 1.77. The minimum atomic E-state index is -0.444. The Morgan fingerprint density at radius 3 is 2.76 bits per heavy atom. The molecule has 2 rings (SSSR count). The van der Waals surface area contributed by atoms with Gasteiger partial charge >= 0.3 is 0 Å². The van der Waals surface area contributed by atoms with Crippen LogP contribution in [0.2, 0.25) is 0 Å². The molecule has 0 saturated carbocycles. The van der Waals surface area contributed by atoms with Crippen LogP contribution in [0, 0.1) is 18.6 Å². The highest BCUT2D eigenvalue weighted by Gasteiger charge is 2.30. The number of halogens is 2. The smallest absolute Gasteiger partial charge is 0.133 e. The van der Waals surface area contributed by atoms with Crippen molar-refractivity contribution in [3.8, 4) is 0 Å². The third-order valence-corrected chi connectivity index (χ3v) is 4.74. The molecule has 1 N–H and O–H groups in total. The lowest BCUT2D eigenvalue weighted by atomic mass is 9.98. The van der Waals surface area contributed by atoms with Gasteiger partial charge in [0.1, 0.15) is 11.6 Å². The third-order valence-electron chi connectivity index (χ3n) is 3.28. The van der Waals surface area contributed by atoms with E-state index in [1.165, 1.54) is 12.1 Å². The fourth-order valence-corrected chi connectivity index (χ4v) is 3.78. The summed E-state index contributed by atoms with van der Waals surface area (Å²) in [5.41, 5.74) is 0.705. The first-order valence-electron chi connectivity index (χ1n) is 5.88. The number of thioether (sulfide) groups is 1. The molecule has 1 heterocycles. The van der Waals surface area contributed by atoms with E-state index in [4.69, 9.17) is 0 Å². The Hall–Kier alpha value is -0.610. The van der Waals surface area contributed by atoms with E-state index in [9.17, 15) is 8.78 Å². The maximum Gasteiger partial charge on any atom is 0.133 e. The van der Waals surface area contributed by atoms with Crippen molar-refractivity contribution in [2.75, 3.05) is 12.8 Å². The summed E-state index contributed by atoms with van der Waals surface area (Å²) < 4.78 is 27.9. The molecule has 1 nitrogen and oxygen atoms in total. The molecule has 0 bridgehead atoms. The summed E-state index contributed by atoms with van der Waals surface area (Å²) in [5, 5.41) is 3.34. The van der Waals surface area contributed by atoms with Gasteiger partial charge in [0.2, 0.25) is 0 Å². The first-order valence-corrected chi connectivity index (χ1v) is 6.93. The number of aryl methyl sites for hydroxylation is 1. The second-order valence-electron chi connectivity index (χ2n) is 4.41. The second-order valence-corrected chi connectivity index (χ2v) is 5.76. The number of benzene rings is 1. The van der Waals surface area contributed by atoms with Gasteiger partial charge < -0.3 is 5.32 Å². The Morgan fingerprint density at radius 1 is 1.41 bits per heavy atom. The van der Waals surface area contributed by atoms with Crippen molar-refractivity contribution in [1.29, 1.82) is 0 Å². The predicted octanol–water partition coefficient (Wildman–Crippen LogP) is 3.43. The SMILES string of the molecule is CNC(c1c(F)ccc(C)c1F)C1CCCS1. The maximum atomic E-state index is 14.1. The first-order chi connectivity index (χ1) is 8.15. The van der Waals surface area contributed by atoms with E-state index in [1.807, 2.05) is 0 Å². The van der Waals surface area contributed by atoms with Crippen LogP contribution in [0.1, 0.15) is 30.0 Å². The number of rotatable bonds is 3. The van der Waals surface area contributed by atoms with Crippen molar-refractivity contribution in [3.05, 3.63) is 34.9 Å². The molecule has 2 unspecified atom stereocenters. The molecule has 1 aromatic rings. The quantitative estimate of drug-likeness (QED) is 0.890. The number of hydrogen-bond acceptors (Lipinski definition) is 2. The molecule has 17 heavy (non-hydrogen) atoms. The third kappa shape index (κ3) is 2.47. The van der Waals surface area contributed by atoms with E-state index < -0.39 is 11.6 Å². The van der Waals surface area contributed by atoms with Crippen LogP contribution in [0.15, 0.2) is 12.1 Å². The molecule has 94 valence electrons. The van der Waals surface area contributed by atoms with Gasteiger partial charge in [-0.1, -0.05) is 6.07 Å². The monoisotopic (exact) mass is 257 g/mol. The average Bonchev–Trinajstić information content (AvgIpc) is 2.83. The van der Waals surface area contributed by atoms with Gasteiger partial charge in [0.15, 0.2) is 0 Å². The van der Waals surface area contributed by atoms with Crippen LogP contribution in [-0.2, 0) is 0 Å². The van der Waals surface area contributed by atoms with Gasteiger partial charge in [-0.3, -0.25) is 0 Å². The van der Waals surface area contributed by atoms with Crippen molar-refractivity contribution in [2.24, 2.45) is 0 Å². The minimum absolute atomic E-state index is 0.201. The van der Waals surface area contributed by atoms with E-state index in [1.54, 1.807) is 25.7 Å². The van der Waals surface area contributed by atoms with Gasteiger partial charge in [0.05, 0.1) is 0 Å². The summed E-state index contributed by atoms with van der Waals surface area (Å²) in [6.45, 7) is 1.67.